The summed E-state index contributed by atoms with van der Waals surface area (Å²) in [5.74, 6) is 0.223. The van der Waals surface area contributed by atoms with Crippen molar-refractivity contribution in [1.82, 2.24) is 15.1 Å². The van der Waals surface area contributed by atoms with Crippen molar-refractivity contribution in [2.45, 2.75) is 38.8 Å². The zero-order valence-electron chi connectivity index (χ0n) is 11.2. The molecule has 1 atom stereocenters. The first-order valence-corrected chi connectivity index (χ1v) is 5.99. The summed E-state index contributed by atoms with van der Waals surface area (Å²) in [6.45, 7) is 9.19. The number of likely N-dealkylation sites (N-methyl/N-ethyl adjacent to an activating group) is 1. The number of piperazine rings is 1. The third-order valence-electron chi connectivity index (χ3n) is 3.26. The molecular formula is C12H25N3O. The number of nitrogens with one attached hydrogen (secondary N) is 1. The van der Waals surface area contributed by atoms with Crippen molar-refractivity contribution in [3.05, 3.63) is 0 Å². The van der Waals surface area contributed by atoms with E-state index in [0.29, 0.717) is 12.5 Å². The lowest BCUT2D eigenvalue weighted by Gasteiger charge is -2.35. The van der Waals surface area contributed by atoms with Crippen molar-refractivity contribution in [3.63, 3.8) is 0 Å². The molecule has 0 aromatic carbocycles. The van der Waals surface area contributed by atoms with E-state index in [9.17, 15) is 4.79 Å². The van der Waals surface area contributed by atoms with Crippen molar-refractivity contribution in [2.75, 3.05) is 33.7 Å². The predicted molar refractivity (Wildman–Crippen MR) is 66.4 cm³/mol. The number of amides is 1. The topological polar surface area (TPSA) is 35.6 Å². The highest BCUT2D eigenvalue weighted by atomic mass is 16.2. The molecule has 0 bridgehead atoms. The first-order chi connectivity index (χ1) is 7.30. The standard InChI is InChI=1S/C12H25N3O/c1-12(2,3)15(5)11(16)8-10-9-14(4)7-6-13-10/h10,13H,6-9H2,1-5H3. The van der Waals surface area contributed by atoms with Gasteiger partial charge in [0.25, 0.3) is 0 Å². The first-order valence-electron chi connectivity index (χ1n) is 5.99. The van der Waals surface area contributed by atoms with Crippen LogP contribution in [0.5, 0.6) is 0 Å². The smallest absolute Gasteiger partial charge is 0.224 e. The summed E-state index contributed by atoms with van der Waals surface area (Å²) >= 11 is 0. The highest BCUT2D eigenvalue weighted by Gasteiger charge is 2.26. The van der Waals surface area contributed by atoms with Gasteiger partial charge >= 0.3 is 0 Å². The fourth-order valence-corrected chi connectivity index (χ4v) is 1.85. The SMILES string of the molecule is CN1CCNC(CC(=O)N(C)C(C)(C)C)C1. The second kappa shape index (κ2) is 5.15. The molecule has 1 unspecified atom stereocenters. The predicted octanol–water partition coefficient (Wildman–Crippen LogP) is 0.537. The minimum absolute atomic E-state index is 0.0857. The van der Waals surface area contributed by atoms with Gasteiger partial charge in [-0.2, -0.15) is 0 Å². The van der Waals surface area contributed by atoms with Crippen LogP contribution in [0.15, 0.2) is 0 Å². The zero-order valence-corrected chi connectivity index (χ0v) is 11.2. The number of hydrogen-bond donors (Lipinski definition) is 1. The highest BCUT2D eigenvalue weighted by Crippen LogP contribution is 2.13. The van der Waals surface area contributed by atoms with Crippen molar-refractivity contribution < 1.29 is 4.79 Å². The largest absolute Gasteiger partial charge is 0.341 e. The van der Waals surface area contributed by atoms with Gasteiger partial charge in [0.15, 0.2) is 0 Å². The molecule has 4 nitrogen and oxygen atoms in total. The quantitative estimate of drug-likeness (QED) is 0.748. The Labute approximate surface area is 99.0 Å². The third kappa shape index (κ3) is 3.76. The second-order valence-electron chi connectivity index (χ2n) is 5.74. The van der Waals surface area contributed by atoms with Gasteiger partial charge in [-0.3, -0.25) is 4.79 Å². The Bertz CT molecular complexity index is 247. The van der Waals surface area contributed by atoms with Crippen LogP contribution in [0.4, 0.5) is 0 Å². The van der Waals surface area contributed by atoms with E-state index in [2.05, 4.69) is 38.0 Å². The maximum atomic E-state index is 12.0. The monoisotopic (exact) mass is 227 g/mol. The van der Waals surface area contributed by atoms with Crippen LogP contribution in [0.2, 0.25) is 0 Å². The van der Waals surface area contributed by atoms with Gasteiger partial charge in [-0.1, -0.05) is 0 Å². The van der Waals surface area contributed by atoms with E-state index in [1.165, 1.54) is 0 Å². The van der Waals surface area contributed by atoms with Gasteiger partial charge in [0.2, 0.25) is 5.91 Å². The van der Waals surface area contributed by atoms with E-state index in [-0.39, 0.29) is 11.4 Å². The lowest BCUT2D eigenvalue weighted by molar-refractivity contribution is -0.134. The lowest BCUT2D eigenvalue weighted by atomic mass is 10.0. The van der Waals surface area contributed by atoms with Crippen molar-refractivity contribution in [2.24, 2.45) is 0 Å². The fraction of sp³-hybridized carbons (Fsp3) is 0.917. The summed E-state index contributed by atoms with van der Waals surface area (Å²) in [7, 11) is 3.99. The summed E-state index contributed by atoms with van der Waals surface area (Å²) in [5, 5.41) is 3.40. The van der Waals surface area contributed by atoms with Gasteiger partial charge in [0.05, 0.1) is 0 Å². The van der Waals surface area contributed by atoms with Crippen LogP contribution >= 0.6 is 0 Å². The molecule has 94 valence electrons. The molecule has 16 heavy (non-hydrogen) atoms. The van der Waals surface area contributed by atoms with Crippen LogP contribution in [0, 0.1) is 0 Å². The minimum Gasteiger partial charge on any atom is -0.341 e. The van der Waals surface area contributed by atoms with Crippen LogP contribution < -0.4 is 5.32 Å². The molecular weight excluding hydrogens is 202 g/mol. The molecule has 0 aromatic heterocycles. The number of carbonyl (C=O) groups is 1. The van der Waals surface area contributed by atoms with Gasteiger partial charge in [-0.15, -0.1) is 0 Å². The number of rotatable bonds is 2. The molecule has 1 fully saturated rings. The van der Waals surface area contributed by atoms with Gasteiger partial charge in [-0.25, -0.2) is 0 Å². The Balaban J connectivity index is 2.45. The van der Waals surface area contributed by atoms with Crippen LogP contribution in [0.1, 0.15) is 27.2 Å². The van der Waals surface area contributed by atoms with E-state index < -0.39 is 0 Å². The number of nitrogens with zero attached hydrogens (tertiary/aromatic N) is 2. The second-order valence-corrected chi connectivity index (χ2v) is 5.74. The van der Waals surface area contributed by atoms with Crippen molar-refractivity contribution >= 4 is 5.91 Å². The Kier molecular flexibility index (Phi) is 4.33. The van der Waals surface area contributed by atoms with E-state index >= 15 is 0 Å². The molecule has 0 saturated carbocycles. The van der Waals surface area contributed by atoms with E-state index in [4.69, 9.17) is 0 Å². The Morgan fingerprint density at radius 2 is 2.12 bits per heavy atom. The molecule has 0 radical (unpaired) electrons. The molecule has 1 saturated heterocycles. The molecule has 1 aliphatic rings. The first kappa shape index (κ1) is 13.5. The fourth-order valence-electron chi connectivity index (χ4n) is 1.85. The molecule has 1 rings (SSSR count). The summed E-state index contributed by atoms with van der Waals surface area (Å²) < 4.78 is 0. The van der Waals surface area contributed by atoms with Crippen LogP contribution in [0.3, 0.4) is 0 Å². The van der Waals surface area contributed by atoms with Gasteiger partial charge in [-0.05, 0) is 27.8 Å². The van der Waals surface area contributed by atoms with Gasteiger partial charge < -0.3 is 15.1 Å². The summed E-state index contributed by atoms with van der Waals surface area (Å²) in [6.07, 6.45) is 0.595. The third-order valence-corrected chi connectivity index (χ3v) is 3.26. The average Bonchev–Trinajstić information content (AvgIpc) is 2.15. The molecule has 1 N–H and O–H groups in total. The molecule has 4 heteroatoms. The maximum Gasteiger partial charge on any atom is 0.224 e. The van der Waals surface area contributed by atoms with Crippen LogP contribution in [-0.4, -0.2) is 61.0 Å². The number of hydrogen-bond acceptors (Lipinski definition) is 3. The van der Waals surface area contributed by atoms with Crippen LogP contribution in [-0.2, 0) is 4.79 Å². The Morgan fingerprint density at radius 3 is 2.62 bits per heavy atom. The number of carbonyl (C=O) groups excluding carboxylic acids is 1. The normalized spacial score (nSPS) is 23.2. The summed E-state index contributed by atoms with van der Waals surface area (Å²) in [6, 6.07) is 0.302. The Morgan fingerprint density at radius 1 is 1.50 bits per heavy atom. The summed E-state index contributed by atoms with van der Waals surface area (Å²) in [5.41, 5.74) is -0.0857. The van der Waals surface area contributed by atoms with Crippen molar-refractivity contribution in [1.29, 1.82) is 0 Å². The van der Waals surface area contributed by atoms with E-state index in [1.807, 2.05) is 11.9 Å². The Hall–Kier alpha value is -0.610. The average molecular weight is 227 g/mol. The molecule has 1 amide bonds. The summed E-state index contributed by atoms with van der Waals surface area (Å²) in [4.78, 5) is 16.1. The molecule has 1 heterocycles. The van der Waals surface area contributed by atoms with Gasteiger partial charge in [0.1, 0.15) is 0 Å². The zero-order chi connectivity index (χ0) is 12.3. The van der Waals surface area contributed by atoms with Crippen LogP contribution in [0.25, 0.3) is 0 Å². The highest BCUT2D eigenvalue weighted by molar-refractivity contribution is 5.77. The van der Waals surface area contributed by atoms with E-state index in [1.54, 1.807) is 0 Å². The van der Waals surface area contributed by atoms with E-state index in [0.717, 1.165) is 19.6 Å². The lowest BCUT2D eigenvalue weighted by Crippen LogP contribution is -2.52. The maximum absolute atomic E-state index is 12.0. The molecule has 0 spiro atoms. The molecule has 0 aliphatic carbocycles. The van der Waals surface area contributed by atoms with Gasteiger partial charge in [0, 0.05) is 44.7 Å². The molecule has 0 aromatic rings. The van der Waals surface area contributed by atoms with Crippen molar-refractivity contribution in [3.8, 4) is 0 Å². The molecule has 1 aliphatic heterocycles. The minimum atomic E-state index is -0.0857.